The van der Waals surface area contributed by atoms with Gasteiger partial charge >= 0.3 is 0 Å². The molecule has 1 aliphatic heterocycles. The van der Waals surface area contributed by atoms with Crippen LogP contribution in [0.15, 0.2) is 48.7 Å². The van der Waals surface area contributed by atoms with Crippen molar-refractivity contribution < 1.29 is 17.6 Å². The molecule has 1 aliphatic carbocycles. The Bertz CT molecular complexity index is 1410. The van der Waals surface area contributed by atoms with Crippen LogP contribution in [0, 0.1) is 5.82 Å². The highest BCUT2D eigenvalue weighted by molar-refractivity contribution is 7.92. The minimum absolute atomic E-state index is 0.132. The lowest BCUT2D eigenvalue weighted by atomic mass is 9.78. The first-order valence-corrected chi connectivity index (χ1v) is 12.9. The van der Waals surface area contributed by atoms with E-state index in [0.717, 1.165) is 17.3 Å². The molecule has 5 rings (SSSR count). The third-order valence-corrected chi connectivity index (χ3v) is 8.85. The summed E-state index contributed by atoms with van der Waals surface area (Å²) >= 11 is 0. The first-order valence-electron chi connectivity index (χ1n) is 11.0. The first-order chi connectivity index (χ1) is 16.0. The predicted octanol–water partition coefficient (Wildman–Crippen LogP) is 4.08. The largest absolute Gasteiger partial charge is 0.351 e. The van der Waals surface area contributed by atoms with Gasteiger partial charge in [-0.3, -0.25) is 4.79 Å². The molecule has 7 nitrogen and oxygen atoms in total. The molecule has 0 atom stereocenters. The number of sulfone groups is 1. The third-order valence-electron chi connectivity index (χ3n) is 6.78. The number of hydrogen-bond donors (Lipinski definition) is 2. The number of aromatic nitrogens is 2. The Hall–Kier alpha value is -3.33. The highest BCUT2D eigenvalue weighted by Gasteiger charge is 2.53. The average Bonchev–Trinajstić information content (AvgIpc) is 3.61. The van der Waals surface area contributed by atoms with E-state index in [1.807, 2.05) is 19.9 Å². The van der Waals surface area contributed by atoms with E-state index in [1.165, 1.54) is 6.26 Å². The van der Waals surface area contributed by atoms with Gasteiger partial charge in [-0.2, -0.15) is 0 Å². The van der Waals surface area contributed by atoms with Gasteiger partial charge in [0.25, 0.3) is 5.91 Å². The van der Waals surface area contributed by atoms with E-state index < -0.39 is 20.4 Å². The smallest absolute Gasteiger partial charge is 0.251 e. The van der Waals surface area contributed by atoms with E-state index in [1.54, 1.807) is 36.4 Å². The van der Waals surface area contributed by atoms with Crippen molar-refractivity contribution in [3.05, 3.63) is 71.2 Å². The van der Waals surface area contributed by atoms with Gasteiger partial charge in [0, 0.05) is 35.0 Å². The molecule has 0 spiro atoms. The lowest BCUT2D eigenvalue weighted by molar-refractivity contribution is 0.0930. The Balaban J connectivity index is 1.44. The summed E-state index contributed by atoms with van der Waals surface area (Å²) in [6.45, 7) is 4.55. The maximum Gasteiger partial charge on any atom is 0.251 e. The number of rotatable bonds is 5. The second kappa shape index (κ2) is 7.59. The molecular weight excluding hydrogens is 455 g/mol. The molecule has 2 N–H and O–H groups in total. The van der Waals surface area contributed by atoms with Gasteiger partial charge in [-0.05, 0) is 48.2 Å². The Labute approximate surface area is 197 Å². The average molecular weight is 481 g/mol. The standard InChI is InChI=1S/C25H25FN4O3S/c1-24(2)14-28-22(31)18-9-4-15(12-19(18)24)21-20(26)13-27-23(30-21)29-17-7-5-16(6-8-17)25(10-11-25)34(3,32)33/h4-9,12-13H,10-11,14H2,1-3H3,(H,28,31)(H,27,29,30). The van der Waals surface area contributed by atoms with Crippen LogP contribution in [0.4, 0.5) is 16.0 Å². The molecule has 1 saturated carbocycles. The highest BCUT2D eigenvalue weighted by Crippen LogP contribution is 2.52. The summed E-state index contributed by atoms with van der Waals surface area (Å²) in [6, 6.07) is 12.3. The van der Waals surface area contributed by atoms with E-state index in [-0.39, 0.29) is 23.0 Å². The Morgan fingerprint density at radius 3 is 2.44 bits per heavy atom. The summed E-state index contributed by atoms with van der Waals surface area (Å²) in [6.07, 6.45) is 3.64. The van der Waals surface area contributed by atoms with Crippen LogP contribution in [0.25, 0.3) is 11.3 Å². The van der Waals surface area contributed by atoms with Crippen LogP contribution in [0.5, 0.6) is 0 Å². The number of carbonyl (C=O) groups excluding carboxylic acids is 1. The van der Waals surface area contributed by atoms with Crippen molar-refractivity contribution >= 4 is 27.4 Å². The molecule has 1 aromatic heterocycles. The van der Waals surface area contributed by atoms with E-state index in [4.69, 9.17) is 0 Å². The zero-order valence-electron chi connectivity index (χ0n) is 19.1. The normalized spacial score (nSPS) is 18.1. The molecule has 3 aromatic rings. The zero-order chi connectivity index (χ0) is 24.3. The van der Waals surface area contributed by atoms with E-state index in [0.29, 0.717) is 36.2 Å². The van der Waals surface area contributed by atoms with Crippen molar-refractivity contribution in [3.8, 4) is 11.3 Å². The van der Waals surface area contributed by atoms with Crippen molar-refractivity contribution in [2.45, 2.75) is 36.9 Å². The third kappa shape index (κ3) is 3.73. The van der Waals surface area contributed by atoms with Crippen molar-refractivity contribution in [1.29, 1.82) is 0 Å². The second-order valence-electron chi connectivity index (χ2n) is 9.69. The lowest BCUT2D eigenvalue weighted by Gasteiger charge is -2.32. The van der Waals surface area contributed by atoms with Crippen LogP contribution in [-0.2, 0) is 20.0 Å². The molecular formula is C25H25FN4O3S. The van der Waals surface area contributed by atoms with Gasteiger partial charge < -0.3 is 10.6 Å². The monoisotopic (exact) mass is 480 g/mol. The topological polar surface area (TPSA) is 101 Å². The van der Waals surface area contributed by atoms with Crippen molar-refractivity contribution in [2.75, 3.05) is 18.1 Å². The summed E-state index contributed by atoms with van der Waals surface area (Å²) in [5, 5.41) is 5.94. The Morgan fingerprint density at radius 1 is 1.09 bits per heavy atom. The van der Waals surface area contributed by atoms with Crippen molar-refractivity contribution in [3.63, 3.8) is 0 Å². The van der Waals surface area contributed by atoms with Gasteiger partial charge in [0.1, 0.15) is 5.69 Å². The molecule has 0 bridgehead atoms. The van der Waals surface area contributed by atoms with Crippen molar-refractivity contribution in [1.82, 2.24) is 15.3 Å². The number of fused-ring (bicyclic) bond motifs is 1. The number of hydrogen-bond acceptors (Lipinski definition) is 6. The predicted molar refractivity (Wildman–Crippen MR) is 128 cm³/mol. The van der Waals surface area contributed by atoms with Crippen LogP contribution in [0.1, 0.15) is 48.2 Å². The van der Waals surface area contributed by atoms with E-state index in [9.17, 15) is 17.6 Å². The number of nitrogens with one attached hydrogen (secondary N) is 2. The van der Waals surface area contributed by atoms with Gasteiger partial charge in [0.05, 0.1) is 10.9 Å². The molecule has 2 aromatic carbocycles. The van der Waals surface area contributed by atoms with Gasteiger partial charge in [-0.15, -0.1) is 0 Å². The van der Waals surface area contributed by atoms with Gasteiger partial charge in [0.2, 0.25) is 5.95 Å². The maximum absolute atomic E-state index is 14.7. The highest BCUT2D eigenvalue weighted by atomic mass is 32.2. The lowest BCUT2D eigenvalue weighted by Crippen LogP contribution is -2.43. The molecule has 2 heterocycles. The summed E-state index contributed by atoms with van der Waals surface area (Å²) in [5.74, 6) is -0.496. The Morgan fingerprint density at radius 2 is 1.79 bits per heavy atom. The number of benzene rings is 2. The summed E-state index contributed by atoms with van der Waals surface area (Å²) in [7, 11) is -3.19. The number of amides is 1. The number of nitrogens with zero attached hydrogens (tertiary/aromatic N) is 2. The molecule has 2 aliphatic rings. The van der Waals surface area contributed by atoms with Gasteiger partial charge in [-0.25, -0.2) is 22.8 Å². The number of anilines is 2. The summed E-state index contributed by atoms with van der Waals surface area (Å²) in [5.41, 5.74) is 3.25. The number of halogens is 1. The maximum atomic E-state index is 14.7. The van der Waals surface area contributed by atoms with Crippen LogP contribution < -0.4 is 10.6 Å². The van der Waals surface area contributed by atoms with E-state index >= 15 is 0 Å². The van der Waals surface area contributed by atoms with Gasteiger partial charge in [0.15, 0.2) is 15.7 Å². The van der Waals surface area contributed by atoms with Crippen LogP contribution in [0.3, 0.4) is 0 Å². The molecule has 34 heavy (non-hydrogen) atoms. The minimum Gasteiger partial charge on any atom is -0.351 e. The fourth-order valence-electron chi connectivity index (χ4n) is 4.54. The van der Waals surface area contributed by atoms with E-state index in [2.05, 4.69) is 20.6 Å². The first kappa shape index (κ1) is 22.5. The second-order valence-corrected chi connectivity index (χ2v) is 12.0. The molecule has 9 heteroatoms. The molecule has 1 amide bonds. The molecule has 0 unspecified atom stereocenters. The summed E-state index contributed by atoms with van der Waals surface area (Å²) < 4.78 is 38.2. The Kier molecular flexibility index (Phi) is 5.02. The minimum atomic E-state index is -3.19. The quantitative estimate of drug-likeness (QED) is 0.571. The SMILES string of the molecule is CC1(C)CNC(=O)c2ccc(-c3nc(Nc4ccc(C5(S(C)(=O)=O)CC5)cc4)ncc3F)cc21. The van der Waals surface area contributed by atoms with Crippen molar-refractivity contribution in [2.24, 2.45) is 0 Å². The zero-order valence-corrected chi connectivity index (χ0v) is 20.0. The van der Waals surface area contributed by atoms with Crippen LogP contribution in [0.2, 0.25) is 0 Å². The molecule has 1 fully saturated rings. The fraction of sp³-hybridized carbons (Fsp3) is 0.320. The molecule has 176 valence electrons. The fourth-order valence-corrected chi connectivity index (χ4v) is 5.95. The number of carbonyl (C=O) groups is 1. The molecule has 0 saturated heterocycles. The summed E-state index contributed by atoms with van der Waals surface area (Å²) in [4.78, 5) is 20.7. The van der Waals surface area contributed by atoms with Crippen LogP contribution >= 0.6 is 0 Å². The molecule has 0 radical (unpaired) electrons. The van der Waals surface area contributed by atoms with Gasteiger partial charge in [-0.1, -0.05) is 32.0 Å². The van der Waals surface area contributed by atoms with Crippen LogP contribution in [-0.4, -0.2) is 37.1 Å².